The molecule has 0 atom stereocenters. The van der Waals surface area contributed by atoms with Crippen LogP contribution in [0, 0.1) is 6.92 Å². The average Bonchev–Trinajstić information content (AvgIpc) is 2.45. The Balaban J connectivity index is -0.000000141. The molecule has 1 saturated heterocycles. The van der Waals surface area contributed by atoms with Gasteiger partial charge in [0, 0.05) is 0 Å². The monoisotopic (exact) mass is 588 g/mol. The van der Waals surface area contributed by atoms with E-state index in [0.717, 1.165) is 12.5 Å². The maximum atomic E-state index is 11.7. The van der Waals surface area contributed by atoms with Gasteiger partial charge < -0.3 is 32.3 Å². The Labute approximate surface area is 251 Å². The van der Waals surface area contributed by atoms with Gasteiger partial charge in [0.05, 0.1) is 8.56 Å². The van der Waals surface area contributed by atoms with Crippen molar-refractivity contribution in [3.05, 3.63) is 6.92 Å². The van der Waals surface area contributed by atoms with E-state index in [2.05, 4.69) is 73.1 Å². The van der Waals surface area contributed by atoms with Gasteiger partial charge in [0.1, 0.15) is 0 Å². The number of hydrogen-bond donors (Lipinski definition) is 0. The zero-order chi connectivity index (χ0) is 26.1. The molecule has 0 radical (unpaired) electrons. The molecule has 6 nitrogen and oxygen atoms in total. The Morgan fingerprint density at radius 2 is 1.03 bits per heavy atom. The summed E-state index contributed by atoms with van der Waals surface area (Å²) in [4.78, 5) is 11.7. The molecule has 0 aromatic heterocycles. The van der Waals surface area contributed by atoms with Crippen LogP contribution in [0.1, 0.15) is 47.0 Å². The molecule has 1 fully saturated rings. The topological polar surface area (TPSA) is 69.2 Å². The second-order valence-electron chi connectivity index (χ2n) is 11.2. The molecule has 0 amide bonds. The Morgan fingerprint density at radius 1 is 0.714 bits per heavy atom. The molecular formula is C21H58Li2O6Si6. The van der Waals surface area contributed by atoms with Crippen LogP contribution in [0.4, 0.5) is 0 Å². The summed E-state index contributed by atoms with van der Waals surface area (Å²) in [7, 11) is -12.2. The largest absolute Gasteiger partial charge is 1.00 e. The van der Waals surface area contributed by atoms with Crippen molar-refractivity contribution < 1.29 is 63.1 Å². The van der Waals surface area contributed by atoms with Gasteiger partial charge in [0.2, 0.25) is 0 Å². The van der Waals surface area contributed by atoms with Crippen LogP contribution in [0.5, 0.6) is 0 Å². The van der Waals surface area contributed by atoms with Crippen molar-refractivity contribution in [1.29, 1.82) is 0 Å². The fourth-order valence-electron chi connectivity index (χ4n) is 3.77. The summed E-state index contributed by atoms with van der Waals surface area (Å²) in [6.07, 6.45) is 4.69. The van der Waals surface area contributed by atoms with E-state index in [0.29, 0.717) is 0 Å². The molecule has 0 N–H and O–H groups in total. The number of rotatable bonds is 8. The Bertz CT molecular complexity index is 486. The smallest absolute Gasteiger partial charge is 0.839 e. The minimum Gasteiger partial charge on any atom is -0.839 e. The van der Waals surface area contributed by atoms with Gasteiger partial charge in [-0.25, -0.2) is 0 Å². The normalized spacial score (nSPS) is 18.2. The maximum absolute atomic E-state index is 11.7. The minimum atomic E-state index is -2.71. The SMILES string of the molecule is C.CCCC[Si](C)(C)O[Si](C)(C)O[Si](C)(C)[O-].C[Si]1(C)O[Si](C)(C)O[Si](C)(C)O1.[CH2-]CCC.[Li+].[Li+]. The molecule has 0 saturated carbocycles. The molecule has 1 aliphatic heterocycles. The van der Waals surface area contributed by atoms with Crippen LogP contribution >= 0.6 is 0 Å². The zero-order valence-corrected chi connectivity index (χ0v) is 31.7. The maximum Gasteiger partial charge on any atom is 1.00 e. The Hall–Kier alpha value is 2.26. The first-order valence-corrected chi connectivity index (χ1v) is 29.2. The summed E-state index contributed by atoms with van der Waals surface area (Å²) < 4.78 is 29.5. The molecule has 1 heterocycles. The number of hydrogen-bond acceptors (Lipinski definition) is 6. The van der Waals surface area contributed by atoms with Gasteiger partial charge >= 0.3 is 72.0 Å². The summed E-state index contributed by atoms with van der Waals surface area (Å²) in [6, 6.07) is 1.16. The predicted molar refractivity (Wildman–Crippen MR) is 157 cm³/mol. The van der Waals surface area contributed by atoms with Crippen LogP contribution < -0.4 is 42.5 Å². The van der Waals surface area contributed by atoms with Gasteiger partial charge in [-0.2, -0.15) is 6.42 Å². The van der Waals surface area contributed by atoms with Crippen molar-refractivity contribution in [1.82, 2.24) is 0 Å². The predicted octanol–water partition coefficient (Wildman–Crippen LogP) is 1.21. The van der Waals surface area contributed by atoms with Gasteiger partial charge in [-0.3, -0.25) is 0 Å². The summed E-state index contributed by atoms with van der Waals surface area (Å²) in [5.41, 5.74) is 0. The third-order valence-electron chi connectivity index (χ3n) is 3.97. The second kappa shape index (κ2) is 19.4. The quantitative estimate of drug-likeness (QED) is 0.314. The van der Waals surface area contributed by atoms with Crippen LogP contribution in [0.15, 0.2) is 0 Å². The average molecular weight is 589 g/mol. The third-order valence-corrected chi connectivity index (χ3v) is 25.4. The molecule has 0 aromatic carbocycles. The summed E-state index contributed by atoms with van der Waals surface area (Å²) in [5.74, 6) is 0. The van der Waals surface area contributed by atoms with Crippen molar-refractivity contribution >= 4 is 51.1 Å². The van der Waals surface area contributed by atoms with E-state index in [1.165, 1.54) is 19.3 Å². The molecule has 1 aliphatic rings. The fourth-order valence-corrected chi connectivity index (χ4v) is 31.8. The molecule has 0 spiro atoms. The van der Waals surface area contributed by atoms with Gasteiger partial charge in [0.15, 0.2) is 8.32 Å². The van der Waals surface area contributed by atoms with E-state index in [4.69, 9.17) is 20.6 Å². The first-order chi connectivity index (χ1) is 14.0. The molecule has 1 rings (SSSR count). The minimum absolute atomic E-state index is 0. The van der Waals surface area contributed by atoms with E-state index in [1.54, 1.807) is 13.1 Å². The summed E-state index contributed by atoms with van der Waals surface area (Å²) in [6.45, 7) is 32.3. The van der Waals surface area contributed by atoms with Crippen molar-refractivity contribution in [2.24, 2.45) is 0 Å². The molecule has 35 heavy (non-hydrogen) atoms. The summed E-state index contributed by atoms with van der Waals surface area (Å²) >= 11 is 0. The van der Waals surface area contributed by atoms with Gasteiger partial charge in [-0.15, -0.1) is 0 Å². The molecule has 0 bridgehead atoms. The van der Waals surface area contributed by atoms with E-state index in [-0.39, 0.29) is 45.1 Å². The van der Waals surface area contributed by atoms with Crippen molar-refractivity contribution in [3.63, 3.8) is 0 Å². The molecule has 0 aliphatic carbocycles. The van der Waals surface area contributed by atoms with Gasteiger partial charge in [-0.1, -0.05) is 53.6 Å². The van der Waals surface area contributed by atoms with Crippen LogP contribution in [0.2, 0.25) is 84.6 Å². The Morgan fingerprint density at radius 3 is 1.26 bits per heavy atom. The van der Waals surface area contributed by atoms with E-state index < -0.39 is 51.1 Å². The molecular weight excluding hydrogens is 531 g/mol. The van der Waals surface area contributed by atoms with Crippen LogP contribution in [0.3, 0.4) is 0 Å². The van der Waals surface area contributed by atoms with E-state index in [9.17, 15) is 4.80 Å². The van der Waals surface area contributed by atoms with Gasteiger partial charge in [-0.05, 0) is 71.5 Å². The van der Waals surface area contributed by atoms with Crippen LogP contribution in [-0.2, 0) is 20.6 Å². The van der Waals surface area contributed by atoms with E-state index in [1.807, 2.05) is 13.1 Å². The molecule has 0 aromatic rings. The molecule has 204 valence electrons. The first-order valence-electron chi connectivity index (χ1n) is 12.0. The third kappa shape index (κ3) is 29.1. The number of unbranched alkanes of at least 4 members (excludes halogenated alkanes) is 2. The van der Waals surface area contributed by atoms with Crippen LogP contribution in [0.25, 0.3) is 0 Å². The van der Waals surface area contributed by atoms with E-state index >= 15 is 0 Å². The van der Waals surface area contributed by atoms with Crippen LogP contribution in [-0.4, -0.2) is 51.1 Å². The standard InChI is InChI=1S/C10H27O3Si3.C6H18O3Si3.C4H9.CH4.2Li/c1-8-9-10-14(2,3)12-16(6,7)13-15(4,5)11;1-10(2)7-11(3,4)9-12(5,6)8-10;1-3-4-2;;;/h8-10H2,1-7H3;1-6H3;1,3-4H2,2H3;1H4;;/q-1;;-1;;2*+1. The molecule has 14 heteroatoms. The van der Waals surface area contributed by atoms with Crippen molar-refractivity contribution in [2.45, 2.75) is 132 Å². The van der Waals surface area contributed by atoms with Crippen molar-refractivity contribution in [2.75, 3.05) is 0 Å². The zero-order valence-electron chi connectivity index (χ0n) is 25.7. The Kier molecular flexibility index (Phi) is 26.0. The fraction of sp³-hybridized carbons (Fsp3) is 0.952. The van der Waals surface area contributed by atoms with Gasteiger partial charge in [0.25, 0.3) is 0 Å². The second-order valence-corrected chi connectivity index (χ2v) is 33.3. The summed E-state index contributed by atoms with van der Waals surface area (Å²) in [5, 5.41) is 0. The molecule has 0 unspecified atom stereocenters. The van der Waals surface area contributed by atoms with Crippen molar-refractivity contribution in [3.8, 4) is 0 Å². The first kappa shape index (κ1) is 47.1.